The lowest BCUT2D eigenvalue weighted by Crippen LogP contribution is -2.42. The van der Waals surface area contributed by atoms with Crippen LogP contribution in [0, 0.1) is 11.7 Å². The molecule has 3 rings (SSSR count). The number of aromatic nitrogens is 1. The number of fused-ring (bicyclic) bond motifs is 1. The summed E-state index contributed by atoms with van der Waals surface area (Å²) in [5.74, 6) is -1.36. The molecule has 0 fully saturated rings. The van der Waals surface area contributed by atoms with Crippen LogP contribution in [0.5, 0.6) is 0 Å². The summed E-state index contributed by atoms with van der Waals surface area (Å²) in [5.41, 5.74) is 1.06. The minimum atomic E-state index is -0.477. The molecular weight excluding hydrogens is 333 g/mol. The van der Waals surface area contributed by atoms with Crippen molar-refractivity contribution in [3.05, 3.63) is 40.7 Å². The second-order valence-electron chi connectivity index (χ2n) is 5.64. The number of carbonyl (C=O) groups excluding carboxylic acids is 2. The van der Waals surface area contributed by atoms with Crippen LogP contribution in [0.3, 0.4) is 0 Å². The number of para-hydroxylation sites is 1. The molecule has 8 heteroatoms. The number of benzene rings is 1. The maximum absolute atomic E-state index is 14.3. The van der Waals surface area contributed by atoms with Gasteiger partial charge in [-0.1, -0.05) is 12.1 Å². The molecule has 1 atom stereocenters. The first-order chi connectivity index (χ1) is 11.5. The van der Waals surface area contributed by atoms with Gasteiger partial charge < -0.3 is 15.3 Å². The number of anilines is 2. The largest absolute Gasteiger partial charge is 0.396 e. The maximum Gasteiger partial charge on any atom is 0.277 e. The van der Waals surface area contributed by atoms with Crippen molar-refractivity contribution in [3.63, 3.8) is 0 Å². The quantitative estimate of drug-likeness (QED) is 0.888. The average Bonchev–Trinajstić information content (AvgIpc) is 3.01. The van der Waals surface area contributed by atoms with Crippen LogP contribution in [-0.2, 0) is 11.2 Å². The Bertz CT molecular complexity index is 793. The molecule has 126 valence electrons. The first kappa shape index (κ1) is 16.5. The van der Waals surface area contributed by atoms with E-state index in [0.717, 1.165) is 11.3 Å². The van der Waals surface area contributed by atoms with Crippen molar-refractivity contribution in [2.45, 2.75) is 13.3 Å². The monoisotopic (exact) mass is 349 g/mol. The van der Waals surface area contributed by atoms with Crippen LogP contribution >= 0.6 is 11.3 Å². The molecule has 24 heavy (non-hydrogen) atoms. The SMILES string of the molecule is CC(=O)Nc1nc(C(=O)N2CC(CO)Cc3cccc(F)c32)cs1. The number of aliphatic hydroxyl groups is 1. The van der Waals surface area contributed by atoms with Gasteiger partial charge in [0.25, 0.3) is 5.91 Å². The van der Waals surface area contributed by atoms with Crippen LogP contribution < -0.4 is 10.2 Å². The molecule has 2 N–H and O–H groups in total. The van der Waals surface area contributed by atoms with Crippen molar-refractivity contribution in [1.82, 2.24) is 4.98 Å². The molecule has 0 spiro atoms. The zero-order valence-electron chi connectivity index (χ0n) is 13.0. The second kappa shape index (κ2) is 6.66. The fourth-order valence-electron chi connectivity index (χ4n) is 2.78. The minimum absolute atomic E-state index is 0.0893. The topological polar surface area (TPSA) is 82.5 Å². The summed E-state index contributed by atoms with van der Waals surface area (Å²) in [6, 6.07) is 4.65. The van der Waals surface area contributed by atoms with Crippen LogP contribution in [0.4, 0.5) is 15.2 Å². The maximum atomic E-state index is 14.3. The Balaban J connectivity index is 1.94. The standard InChI is InChI=1S/C16H16FN3O3S/c1-9(22)18-16-19-13(8-24-16)15(23)20-6-10(7-21)5-11-3-2-4-12(17)14(11)20/h2-4,8,10,21H,5-7H2,1H3,(H,18,19,22). The van der Waals surface area contributed by atoms with Gasteiger partial charge >= 0.3 is 0 Å². The molecule has 0 radical (unpaired) electrons. The number of rotatable bonds is 3. The predicted octanol–water partition coefficient (Wildman–Crippen LogP) is 2.05. The summed E-state index contributed by atoms with van der Waals surface area (Å²) in [6.45, 7) is 1.48. The first-order valence-electron chi connectivity index (χ1n) is 7.42. The number of halogens is 1. The third-order valence-corrected chi connectivity index (χ3v) is 4.56. The highest BCUT2D eigenvalue weighted by Crippen LogP contribution is 2.33. The highest BCUT2D eigenvalue weighted by Gasteiger charge is 2.32. The first-order valence-corrected chi connectivity index (χ1v) is 8.30. The molecule has 1 aromatic heterocycles. The molecule has 1 aliphatic heterocycles. The van der Waals surface area contributed by atoms with Gasteiger partial charge in [-0.3, -0.25) is 9.59 Å². The summed E-state index contributed by atoms with van der Waals surface area (Å²) >= 11 is 1.13. The van der Waals surface area contributed by atoms with Crippen molar-refractivity contribution in [2.24, 2.45) is 5.92 Å². The fraction of sp³-hybridized carbons (Fsp3) is 0.312. The van der Waals surface area contributed by atoms with E-state index in [0.29, 0.717) is 17.1 Å². The molecule has 6 nitrogen and oxygen atoms in total. The molecule has 1 aliphatic rings. The number of carbonyl (C=O) groups is 2. The Hall–Kier alpha value is -2.32. The number of nitrogens with zero attached hydrogens (tertiary/aromatic N) is 2. The third-order valence-electron chi connectivity index (χ3n) is 3.80. The van der Waals surface area contributed by atoms with Crippen LogP contribution in [-0.4, -0.2) is 35.1 Å². The lowest BCUT2D eigenvalue weighted by atomic mass is 9.92. The molecule has 2 amide bonds. The van der Waals surface area contributed by atoms with Crippen molar-refractivity contribution >= 4 is 34.0 Å². The van der Waals surface area contributed by atoms with E-state index in [-0.39, 0.29) is 36.4 Å². The summed E-state index contributed by atoms with van der Waals surface area (Å²) in [7, 11) is 0. The molecular formula is C16H16FN3O3S. The smallest absolute Gasteiger partial charge is 0.277 e. The van der Waals surface area contributed by atoms with Crippen LogP contribution in [0.2, 0.25) is 0 Å². The molecule has 1 unspecified atom stereocenters. The second-order valence-corrected chi connectivity index (χ2v) is 6.49. The van der Waals surface area contributed by atoms with E-state index in [4.69, 9.17) is 0 Å². The van der Waals surface area contributed by atoms with Crippen molar-refractivity contribution in [2.75, 3.05) is 23.4 Å². The molecule has 0 bridgehead atoms. The van der Waals surface area contributed by atoms with E-state index in [1.807, 2.05) is 0 Å². The van der Waals surface area contributed by atoms with E-state index in [2.05, 4.69) is 10.3 Å². The molecule has 1 aromatic carbocycles. The summed E-state index contributed by atoms with van der Waals surface area (Å²) in [6.07, 6.45) is 0.515. The number of amides is 2. The van der Waals surface area contributed by atoms with Crippen molar-refractivity contribution < 1.29 is 19.1 Å². The number of hydrogen-bond acceptors (Lipinski definition) is 5. The van der Waals surface area contributed by atoms with Gasteiger partial charge in [-0.15, -0.1) is 11.3 Å². The number of aliphatic hydroxyl groups excluding tert-OH is 1. The fourth-order valence-corrected chi connectivity index (χ4v) is 3.51. The van der Waals surface area contributed by atoms with E-state index in [1.165, 1.54) is 23.3 Å². The van der Waals surface area contributed by atoms with Gasteiger partial charge in [0.05, 0.1) is 5.69 Å². The van der Waals surface area contributed by atoms with E-state index >= 15 is 0 Å². The summed E-state index contributed by atoms with van der Waals surface area (Å²) in [4.78, 5) is 29.3. The van der Waals surface area contributed by atoms with Gasteiger partial charge in [0.15, 0.2) is 5.13 Å². The van der Waals surface area contributed by atoms with Crippen LogP contribution in [0.1, 0.15) is 23.0 Å². The van der Waals surface area contributed by atoms with Gasteiger partial charge in [-0.2, -0.15) is 0 Å². The molecule has 0 aliphatic carbocycles. The Morgan fingerprint density at radius 2 is 2.29 bits per heavy atom. The summed E-state index contributed by atoms with van der Waals surface area (Å²) < 4.78 is 14.3. The Labute approximate surface area is 141 Å². The number of hydrogen-bond donors (Lipinski definition) is 2. The average molecular weight is 349 g/mol. The van der Waals surface area contributed by atoms with Gasteiger partial charge in [0.1, 0.15) is 11.5 Å². The van der Waals surface area contributed by atoms with Gasteiger partial charge in [0, 0.05) is 31.4 Å². The van der Waals surface area contributed by atoms with Gasteiger partial charge in [-0.05, 0) is 18.1 Å². The minimum Gasteiger partial charge on any atom is -0.396 e. The highest BCUT2D eigenvalue weighted by molar-refractivity contribution is 7.14. The normalized spacial score (nSPS) is 16.6. The molecule has 0 saturated carbocycles. The van der Waals surface area contributed by atoms with E-state index in [9.17, 15) is 19.1 Å². The van der Waals surface area contributed by atoms with Gasteiger partial charge in [-0.25, -0.2) is 9.37 Å². The number of thiazole rings is 1. The Morgan fingerprint density at radius 1 is 1.50 bits per heavy atom. The van der Waals surface area contributed by atoms with E-state index in [1.54, 1.807) is 12.1 Å². The number of nitrogens with one attached hydrogen (secondary N) is 1. The van der Waals surface area contributed by atoms with Gasteiger partial charge in [0.2, 0.25) is 5.91 Å². The van der Waals surface area contributed by atoms with Crippen LogP contribution in [0.25, 0.3) is 0 Å². The molecule has 0 saturated heterocycles. The summed E-state index contributed by atoms with van der Waals surface area (Å²) in [5, 5.41) is 13.8. The zero-order valence-corrected chi connectivity index (χ0v) is 13.8. The highest BCUT2D eigenvalue weighted by atomic mass is 32.1. The molecule has 2 heterocycles. The van der Waals surface area contributed by atoms with Crippen molar-refractivity contribution in [3.8, 4) is 0 Å². The Kier molecular flexibility index (Phi) is 4.59. The predicted molar refractivity (Wildman–Crippen MR) is 88.8 cm³/mol. The third kappa shape index (κ3) is 3.15. The lowest BCUT2D eigenvalue weighted by molar-refractivity contribution is -0.114. The zero-order chi connectivity index (χ0) is 17.3. The van der Waals surface area contributed by atoms with Crippen molar-refractivity contribution in [1.29, 1.82) is 0 Å². The molecule has 2 aromatic rings. The lowest BCUT2D eigenvalue weighted by Gasteiger charge is -2.33. The Morgan fingerprint density at radius 3 is 3.00 bits per heavy atom. The van der Waals surface area contributed by atoms with E-state index < -0.39 is 11.7 Å². The van der Waals surface area contributed by atoms with Crippen LogP contribution in [0.15, 0.2) is 23.6 Å².